The van der Waals surface area contributed by atoms with E-state index in [2.05, 4.69) is 11.9 Å². The standard InChI is InChI=1S/C16H20N2O2S/c1-11-5-14(11)15(19)18-9-16(10-18)6-13(8-21-16)20-12-3-2-4-17-7-12/h2-4,7,11,13-14H,5-6,8-10H2,1H3. The van der Waals surface area contributed by atoms with E-state index in [-0.39, 0.29) is 10.9 Å². The lowest BCUT2D eigenvalue weighted by atomic mass is 9.92. The highest BCUT2D eigenvalue weighted by atomic mass is 32.2. The van der Waals surface area contributed by atoms with Crippen molar-refractivity contribution >= 4 is 17.7 Å². The first-order valence-electron chi connectivity index (χ1n) is 7.65. The van der Waals surface area contributed by atoms with Gasteiger partial charge in [-0.25, -0.2) is 0 Å². The van der Waals surface area contributed by atoms with Crippen LogP contribution < -0.4 is 4.74 Å². The molecule has 1 saturated carbocycles. The molecule has 3 heterocycles. The van der Waals surface area contributed by atoms with Crippen molar-refractivity contribution in [1.82, 2.24) is 9.88 Å². The second-order valence-electron chi connectivity index (χ2n) is 6.64. The lowest BCUT2D eigenvalue weighted by Gasteiger charge is -2.47. The summed E-state index contributed by atoms with van der Waals surface area (Å²) < 4.78 is 6.24. The highest BCUT2D eigenvalue weighted by molar-refractivity contribution is 8.01. The molecule has 3 aliphatic rings. The van der Waals surface area contributed by atoms with Crippen molar-refractivity contribution < 1.29 is 9.53 Å². The van der Waals surface area contributed by atoms with Gasteiger partial charge in [-0.1, -0.05) is 6.92 Å². The summed E-state index contributed by atoms with van der Waals surface area (Å²) >= 11 is 1.97. The van der Waals surface area contributed by atoms with E-state index in [0.717, 1.165) is 37.4 Å². The van der Waals surface area contributed by atoms with Crippen LogP contribution in [0.1, 0.15) is 19.8 Å². The lowest BCUT2D eigenvalue weighted by molar-refractivity contribution is -0.138. The Kier molecular flexibility index (Phi) is 3.14. The van der Waals surface area contributed by atoms with Crippen LogP contribution in [0, 0.1) is 11.8 Å². The van der Waals surface area contributed by atoms with E-state index in [1.54, 1.807) is 12.4 Å². The number of likely N-dealkylation sites (tertiary alicyclic amines) is 1. The maximum absolute atomic E-state index is 12.2. The largest absolute Gasteiger partial charge is 0.488 e. The molecule has 0 aromatic carbocycles. The lowest BCUT2D eigenvalue weighted by Crippen LogP contribution is -2.61. The van der Waals surface area contributed by atoms with Crippen molar-refractivity contribution in [1.29, 1.82) is 0 Å². The number of hydrogen-bond donors (Lipinski definition) is 0. The minimum absolute atomic E-state index is 0.247. The maximum atomic E-state index is 12.2. The SMILES string of the molecule is CC1CC1C(=O)N1CC2(CC(Oc3cccnc3)CS2)C1. The van der Waals surface area contributed by atoms with Crippen molar-refractivity contribution in [2.24, 2.45) is 11.8 Å². The average molecular weight is 304 g/mol. The third-order valence-electron chi connectivity index (χ3n) is 4.81. The molecule has 2 saturated heterocycles. The molecule has 4 rings (SSSR count). The fraction of sp³-hybridized carbons (Fsp3) is 0.625. The maximum Gasteiger partial charge on any atom is 0.226 e. The number of pyridine rings is 1. The topological polar surface area (TPSA) is 42.4 Å². The van der Waals surface area contributed by atoms with Gasteiger partial charge in [0.25, 0.3) is 0 Å². The quantitative estimate of drug-likeness (QED) is 0.858. The summed E-state index contributed by atoms with van der Waals surface area (Å²) in [7, 11) is 0. The van der Waals surface area contributed by atoms with Gasteiger partial charge < -0.3 is 9.64 Å². The average Bonchev–Trinajstić information content (AvgIpc) is 3.03. The second-order valence-corrected chi connectivity index (χ2v) is 8.13. The van der Waals surface area contributed by atoms with Gasteiger partial charge in [0.15, 0.2) is 0 Å². The highest BCUT2D eigenvalue weighted by Gasteiger charge is 2.54. The predicted molar refractivity (Wildman–Crippen MR) is 82.3 cm³/mol. The smallest absolute Gasteiger partial charge is 0.226 e. The number of amides is 1. The number of rotatable bonds is 3. The fourth-order valence-electron chi connectivity index (χ4n) is 3.41. The van der Waals surface area contributed by atoms with E-state index in [4.69, 9.17) is 4.74 Å². The monoisotopic (exact) mass is 304 g/mol. The van der Waals surface area contributed by atoms with Crippen molar-refractivity contribution in [3.8, 4) is 5.75 Å². The Bertz CT molecular complexity index is 544. The molecule has 0 radical (unpaired) electrons. The minimum Gasteiger partial charge on any atom is -0.488 e. The molecule has 3 atom stereocenters. The molecule has 21 heavy (non-hydrogen) atoms. The van der Waals surface area contributed by atoms with Crippen LogP contribution in [0.15, 0.2) is 24.5 Å². The van der Waals surface area contributed by atoms with Crippen LogP contribution in [0.4, 0.5) is 0 Å². The van der Waals surface area contributed by atoms with Gasteiger partial charge in [-0.3, -0.25) is 9.78 Å². The summed E-state index contributed by atoms with van der Waals surface area (Å²) in [5.74, 6) is 3.16. The summed E-state index contributed by atoms with van der Waals surface area (Å²) in [6, 6.07) is 3.85. The molecular formula is C16H20N2O2S. The van der Waals surface area contributed by atoms with Crippen LogP contribution in [-0.4, -0.2) is 45.5 Å². The molecule has 2 aliphatic heterocycles. The molecule has 1 aliphatic carbocycles. The normalized spacial score (nSPS) is 32.8. The Morgan fingerprint density at radius 3 is 3.00 bits per heavy atom. The first-order valence-corrected chi connectivity index (χ1v) is 8.63. The third kappa shape index (κ3) is 2.52. The molecule has 1 aromatic rings. The van der Waals surface area contributed by atoms with Crippen LogP contribution >= 0.6 is 11.8 Å². The van der Waals surface area contributed by atoms with Crippen molar-refractivity contribution in [2.75, 3.05) is 18.8 Å². The van der Waals surface area contributed by atoms with Gasteiger partial charge in [-0.2, -0.15) is 0 Å². The van der Waals surface area contributed by atoms with Crippen LogP contribution in [0.5, 0.6) is 5.75 Å². The number of thioether (sulfide) groups is 1. The summed E-state index contributed by atoms with van der Waals surface area (Å²) in [6.45, 7) is 3.99. The summed E-state index contributed by atoms with van der Waals surface area (Å²) in [5, 5.41) is 0. The van der Waals surface area contributed by atoms with Gasteiger partial charge in [0, 0.05) is 37.4 Å². The molecule has 3 fully saturated rings. The summed E-state index contributed by atoms with van der Waals surface area (Å²) in [5.41, 5.74) is 0. The number of carbonyl (C=O) groups excluding carboxylic acids is 1. The van der Waals surface area contributed by atoms with Gasteiger partial charge >= 0.3 is 0 Å². The van der Waals surface area contributed by atoms with E-state index >= 15 is 0 Å². The zero-order valence-electron chi connectivity index (χ0n) is 12.2. The van der Waals surface area contributed by atoms with Crippen molar-refractivity contribution in [3.63, 3.8) is 0 Å². The molecule has 5 heteroatoms. The first-order chi connectivity index (χ1) is 10.2. The number of carbonyl (C=O) groups is 1. The van der Waals surface area contributed by atoms with Gasteiger partial charge in [0.2, 0.25) is 5.91 Å². The summed E-state index contributed by atoms with van der Waals surface area (Å²) in [4.78, 5) is 18.3. The van der Waals surface area contributed by atoms with Crippen LogP contribution in [0.2, 0.25) is 0 Å². The molecule has 1 amide bonds. The van der Waals surface area contributed by atoms with Gasteiger partial charge in [0.05, 0.1) is 10.9 Å². The van der Waals surface area contributed by atoms with Gasteiger partial charge in [-0.05, 0) is 24.5 Å². The zero-order chi connectivity index (χ0) is 14.4. The number of ether oxygens (including phenoxy) is 1. The van der Waals surface area contributed by atoms with E-state index < -0.39 is 0 Å². The molecule has 0 bridgehead atoms. The third-order valence-corrected chi connectivity index (χ3v) is 6.38. The van der Waals surface area contributed by atoms with E-state index in [0.29, 0.717) is 17.7 Å². The Morgan fingerprint density at radius 2 is 2.33 bits per heavy atom. The van der Waals surface area contributed by atoms with Crippen LogP contribution in [-0.2, 0) is 4.79 Å². The summed E-state index contributed by atoms with van der Waals surface area (Å²) in [6.07, 6.45) is 5.89. The molecule has 1 aromatic heterocycles. The van der Waals surface area contributed by atoms with Gasteiger partial charge in [0.1, 0.15) is 11.9 Å². The molecule has 3 unspecified atom stereocenters. The Hall–Kier alpha value is -1.23. The molecule has 1 spiro atoms. The number of hydrogen-bond acceptors (Lipinski definition) is 4. The predicted octanol–water partition coefficient (Wildman–Crippen LogP) is 2.20. The molecular weight excluding hydrogens is 284 g/mol. The Balaban J connectivity index is 1.30. The zero-order valence-corrected chi connectivity index (χ0v) is 13.0. The Labute approximate surface area is 129 Å². The van der Waals surface area contributed by atoms with Crippen molar-refractivity contribution in [3.05, 3.63) is 24.5 Å². The first kappa shape index (κ1) is 13.4. The van der Waals surface area contributed by atoms with Crippen LogP contribution in [0.3, 0.4) is 0 Å². The molecule has 4 nitrogen and oxygen atoms in total. The highest BCUT2D eigenvalue weighted by Crippen LogP contribution is 2.48. The van der Waals surface area contributed by atoms with Crippen molar-refractivity contribution in [2.45, 2.75) is 30.6 Å². The molecule has 112 valence electrons. The number of nitrogens with zero attached hydrogens (tertiary/aromatic N) is 2. The van der Waals surface area contributed by atoms with E-state index in [1.807, 2.05) is 28.8 Å². The fourth-order valence-corrected chi connectivity index (χ4v) is 4.94. The molecule has 0 N–H and O–H groups in total. The van der Waals surface area contributed by atoms with E-state index in [9.17, 15) is 4.79 Å². The second kappa shape index (κ2) is 4.90. The number of aromatic nitrogens is 1. The minimum atomic E-state index is 0.247. The van der Waals surface area contributed by atoms with E-state index in [1.165, 1.54) is 0 Å². The Morgan fingerprint density at radius 1 is 1.52 bits per heavy atom. The van der Waals surface area contributed by atoms with Gasteiger partial charge in [-0.15, -0.1) is 11.8 Å². The van der Waals surface area contributed by atoms with Crippen LogP contribution in [0.25, 0.3) is 0 Å².